The summed E-state index contributed by atoms with van der Waals surface area (Å²) >= 11 is 0. The molecule has 0 aliphatic carbocycles. The molecule has 0 spiro atoms. The van der Waals surface area contributed by atoms with E-state index in [1.54, 1.807) is 12.1 Å². The molecule has 1 amide bonds. The fraction of sp³-hybridized carbons (Fsp3) is 0.419. The molecule has 1 atom stereocenters. The molecule has 1 N–H and O–H groups in total. The molecule has 6 nitrogen and oxygen atoms in total. The van der Waals surface area contributed by atoms with E-state index in [1.807, 2.05) is 29.2 Å². The number of hydrogen-bond donors (Lipinski definition) is 1. The van der Waals surface area contributed by atoms with E-state index < -0.39 is 5.97 Å². The van der Waals surface area contributed by atoms with Gasteiger partial charge < -0.3 is 19.3 Å². The van der Waals surface area contributed by atoms with Gasteiger partial charge >= 0.3 is 5.97 Å². The smallest absolute Gasteiger partial charge is 0.335 e. The largest absolute Gasteiger partial charge is 0.478 e. The van der Waals surface area contributed by atoms with E-state index in [4.69, 9.17) is 4.74 Å². The quantitative estimate of drug-likeness (QED) is 0.428. The molecular formula is C31H38N2O4. The van der Waals surface area contributed by atoms with Crippen LogP contribution < -0.4 is 0 Å². The van der Waals surface area contributed by atoms with Crippen molar-refractivity contribution in [2.75, 3.05) is 26.3 Å². The Morgan fingerprint density at radius 1 is 1.05 bits per heavy atom. The normalized spacial score (nSPS) is 15.6. The number of carbonyl (C=O) groups excluding carboxylic acids is 1. The maximum Gasteiger partial charge on any atom is 0.335 e. The van der Waals surface area contributed by atoms with Gasteiger partial charge in [0.15, 0.2) is 0 Å². The van der Waals surface area contributed by atoms with E-state index in [9.17, 15) is 14.7 Å². The lowest BCUT2D eigenvalue weighted by atomic mass is 9.90. The van der Waals surface area contributed by atoms with Gasteiger partial charge in [0.2, 0.25) is 0 Å². The highest BCUT2D eigenvalue weighted by Gasteiger charge is 2.29. The summed E-state index contributed by atoms with van der Waals surface area (Å²) in [5, 5.41) is 10.7. The maximum absolute atomic E-state index is 13.6. The van der Waals surface area contributed by atoms with Gasteiger partial charge in [0.1, 0.15) is 0 Å². The first-order valence-corrected chi connectivity index (χ1v) is 13.5. The molecule has 1 unspecified atom stereocenters. The zero-order valence-corrected chi connectivity index (χ0v) is 22.4. The van der Waals surface area contributed by atoms with Gasteiger partial charge in [0.25, 0.3) is 5.91 Å². The number of carboxylic acid groups (broad SMARTS) is 1. The average Bonchev–Trinajstić information content (AvgIpc) is 3.12. The van der Waals surface area contributed by atoms with Crippen LogP contribution in [-0.2, 0) is 16.1 Å². The molecule has 37 heavy (non-hydrogen) atoms. The minimum atomic E-state index is -0.949. The number of ether oxygens (including phenoxy) is 1. The number of aromatic nitrogens is 1. The van der Waals surface area contributed by atoms with Crippen molar-refractivity contribution in [3.63, 3.8) is 0 Å². The lowest BCUT2D eigenvalue weighted by Crippen LogP contribution is -2.41. The van der Waals surface area contributed by atoms with E-state index in [-0.39, 0.29) is 11.5 Å². The van der Waals surface area contributed by atoms with Crippen molar-refractivity contribution in [2.45, 2.75) is 59.4 Å². The van der Waals surface area contributed by atoms with Crippen LogP contribution in [0.25, 0.3) is 28.2 Å². The molecular weight excluding hydrogens is 464 g/mol. The van der Waals surface area contributed by atoms with Crippen molar-refractivity contribution in [3.05, 3.63) is 64.7 Å². The molecule has 0 radical (unpaired) electrons. The number of rotatable bonds is 5. The van der Waals surface area contributed by atoms with Gasteiger partial charge in [-0.1, -0.05) is 70.9 Å². The summed E-state index contributed by atoms with van der Waals surface area (Å²) in [4.78, 5) is 27.2. The zero-order valence-electron chi connectivity index (χ0n) is 22.4. The Balaban J connectivity index is 0.00000102. The molecule has 5 rings (SSSR count). The predicted octanol–water partition coefficient (Wildman–Crippen LogP) is 6.58. The van der Waals surface area contributed by atoms with Crippen LogP contribution in [0, 0.1) is 0 Å². The second kappa shape index (κ2) is 11.8. The lowest BCUT2D eigenvalue weighted by molar-refractivity contribution is -0.131. The Kier molecular flexibility index (Phi) is 8.49. The number of fused-ring (bicyclic) bond motifs is 5. The third-order valence-corrected chi connectivity index (χ3v) is 7.01. The molecule has 3 aromatic rings. The number of hydrogen-bond acceptors (Lipinski definition) is 3. The monoisotopic (exact) mass is 502 g/mol. The third-order valence-electron chi connectivity index (χ3n) is 7.01. The molecule has 0 bridgehead atoms. The van der Waals surface area contributed by atoms with Crippen LogP contribution in [0.2, 0.25) is 0 Å². The number of morpholine rings is 1. The first-order chi connectivity index (χ1) is 17.9. The highest BCUT2D eigenvalue weighted by atomic mass is 16.5. The fourth-order valence-corrected chi connectivity index (χ4v) is 5.38. The fourth-order valence-electron chi connectivity index (χ4n) is 5.38. The van der Waals surface area contributed by atoms with Gasteiger partial charge in [-0.3, -0.25) is 4.79 Å². The topological polar surface area (TPSA) is 71.8 Å². The van der Waals surface area contributed by atoms with Crippen molar-refractivity contribution in [3.8, 4) is 11.3 Å². The predicted molar refractivity (Wildman–Crippen MR) is 149 cm³/mol. The van der Waals surface area contributed by atoms with Crippen LogP contribution >= 0.6 is 0 Å². The summed E-state index contributed by atoms with van der Waals surface area (Å²) in [7, 11) is 0. The zero-order chi connectivity index (χ0) is 26.5. The molecule has 3 heterocycles. The van der Waals surface area contributed by atoms with Gasteiger partial charge in [-0.05, 0) is 41.7 Å². The van der Waals surface area contributed by atoms with Crippen LogP contribution in [0.15, 0.2) is 48.0 Å². The average molecular weight is 503 g/mol. The Labute approximate surface area is 219 Å². The molecule has 196 valence electrons. The Morgan fingerprint density at radius 2 is 1.76 bits per heavy atom. The van der Waals surface area contributed by atoms with E-state index in [0.29, 0.717) is 44.3 Å². The summed E-state index contributed by atoms with van der Waals surface area (Å²) in [6.45, 7) is 11.3. The van der Waals surface area contributed by atoms with Crippen LogP contribution in [0.1, 0.15) is 74.4 Å². The number of aromatic carboxylic acids is 1. The first kappa shape index (κ1) is 26.7. The minimum Gasteiger partial charge on any atom is -0.478 e. The van der Waals surface area contributed by atoms with Crippen molar-refractivity contribution in [2.24, 2.45) is 0 Å². The molecule has 1 aromatic heterocycles. The Hall–Kier alpha value is -3.38. The highest BCUT2D eigenvalue weighted by Crippen LogP contribution is 2.43. The summed E-state index contributed by atoms with van der Waals surface area (Å²) in [5.74, 6) is -0.635. The minimum absolute atomic E-state index is 0.0188. The summed E-state index contributed by atoms with van der Waals surface area (Å²) < 4.78 is 7.61. The van der Waals surface area contributed by atoms with Crippen LogP contribution in [0.5, 0.6) is 0 Å². The Morgan fingerprint density at radius 3 is 2.43 bits per heavy atom. The van der Waals surface area contributed by atoms with Gasteiger partial charge in [-0.2, -0.15) is 0 Å². The third kappa shape index (κ3) is 5.35. The second-order valence-corrected chi connectivity index (χ2v) is 9.94. The number of nitrogens with zero attached hydrogens (tertiary/aromatic N) is 2. The maximum atomic E-state index is 13.6. The first-order valence-electron chi connectivity index (χ1n) is 13.5. The highest BCUT2D eigenvalue weighted by molar-refractivity contribution is 6.03. The van der Waals surface area contributed by atoms with E-state index in [2.05, 4.69) is 44.4 Å². The van der Waals surface area contributed by atoms with Gasteiger partial charge in [-0.15, -0.1) is 0 Å². The SMILES string of the molecule is CCC.CCCC(C)c1c2n(c3cc(C(=O)O)ccc13)CC(C(=O)N1CCOCC1)=Cc1ccccc1-2. The number of carbonyl (C=O) groups is 2. The van der Waals surface area contributed by atoms with E-state index in [1.165, 1.54) is 12.0 Å². The van der Waals surface area contributed by atoms with E-state index in [0.717, 1.165) is 40.6 Å². The van der Waals surface area contributed by atoms with Crippen LogP contribution in [-0.4, -0.2) is 52.8 Å². The van der Waals surface area contributed by atoms with Crippen LogP contribution in [0.4, 0.5) is 0 Å². The molecule has 0 saturated carbocycles. The second-order valence-electron chi connectivity index (χ2n) is 9.94. The number of benzene rings is 2. The van der Waals surface area contributed by atoms with E-state index >= 15 is 0 Å². The summed E-state index contributed by atoms with van der Waals surface area (Å²) in [6.07, 6.45) is 5.35. The number of amides is 1. The van der Waals surface area contributed by atoms with Crippen molar-refractivity contribution in [1.82, 2.24) is 9.47 Å². The molecule has 2 aromatic carbocycles. The summed E-state index contributed by atoms with van der Waals surface area (Å²) in [6, 6.07) is 13.6. The molecule has 1 fully saturated rings. The molecule has 1 saturated heterocycles. The lowest BCUT2D eigenvalue weighted by Gasteiger charge is -2.28. The summed E-state index contributed by atoms with van der Waals surface area (Å²) in [5.41, 5.74) is 6.25. The Bertz CT molecular complexity index is 1310. The van der Waals surface area contributed by atoms with Crippen molar-refractivity contribution < 1.29 is 19.4 Å². The van der Waals surface area contributed by atoms with Crippen LogP contribution in [0.3, 0.4) is 0 Å². The number of carboxylic acids is 1. The van der Waals surface area contributed by atoms with Gasteiger partial charge in [0.05, 0.1) is 31.0 Å². The van der Waals surface area contributed by atoms with Crippen molar-refractivity contribution >= 4 is 28.9 Å². The molecule has 6 heteroatoms. The molecule has 2 aliphatic heterocycles. The standard InChI is InChI=1S/C28H30N2O4.C3H8/c1-3-6-18(2)25-23-10-9-20(28(32)33)16-24(23)30-17-21(27(31)29-11-13-34-14-12-29)15-19-7-4-5-8-22(19)26(25)30;1-3-2/h4-5,7-10,15-16,18H,3,6,11-14,17H2,1-2H3,(H,32,33);3H2,1-2H3. The van der Waals surface area contributed by atoms with Crippen molar-refractivity contribution in [1.29, 1.82) is 0 Å². The van der Waals surface area contributed by atoms with Gasteiger partial charge in [0, 0.05) is 35.1 Å². The van der Waals surface area contributed by atoms with Gasteiger partial charge in [-0.25, -0.2) is 4.79 Å². The molecule has 2 aliphatic rings.